The molecule has 33 heavy (non-hydrogen) atoms. The van der Waals surface area contributed by atoms with E-state index in [0.29, 0.717) is 22.2 Å². The van der Waals surface area contributed by atoms with E-state index in [2.05, 4.69) is 41.5 Å². The molecule has 3 heteroatoms. The van der Waals surface area contributed by atoms with Gasteiger partial charge < -0.3 is 4.74 Å². The topological polar surface area (TPSA) is 43.4 Å². The molecule has 0 aromatic carbocycles. The summed E-state index contributed by atoms with van der Waals surface area (Å²) in [6.07, 6.45) is 11.4. The molecule has 0 amide bonds. The summed E-state index contributed by atoms with van der Waals surface area (Å²) in [5, 5.41) is 0. The number of ether oxygens (including phenoxy) is 1. The van der Waals surface area contributed by atoms with Crippen molar-refractivity contribution in [2.24, 2.45) is 56.2 Å². The zero-order chi connectivity index (χ0) is 23.7. The van der Waals surface area contributed by atoms with Crippen molar-refractivity contribution in [2.75, 3.05) is 13.2 Å². The molecule has 184 valence electrons. The number of Topliss-reactive ketones (excluding diaryl/α,β-unsaturated/α-hetero) is 2. The predicted octanol–water partition coefficient (Wildman–Crippen LogP) is 6.63. The quantitative estimate of drug-likeness (QED) is 0.386. The smallest absolute Gasteiger partial charge is 0.144 e. The Morgan fingerprint density at radius 1 is 0.788 bits per heavy atom. The van der Waals surface area contributed by atoms with Crippen LogP contribution in [0.25, 0.3) is 0 Å². The standard InChI is InChI=1S/C30H46O3/c1-19-20(31)15-21(32)24-27(19,5)8-7-22-29(24)13-12-28(6)23-16-25(2,3)9-10-26(23,4)11-14-30(22,28)18-33-17-29/h19,22-24H,7-18H2,1-6H3. The van der Waals surface area contributed by atoms with Gasteiger partial charge in [-0.15, -0.1) is 0 Å². The molecule has 5 aliphatic carbocycles. The third-order valence-electron chi connectivity index (χ3n) is 13.6. The third kappa shape index (κ3) is 2.57. The summed E-state index contributed by atoms with van der Waals surface area (Å²) in [6, 6.07) is 0. The lowest BCUT2D eigenvalue weighted by atomic mass is 9.29. The fourth-order valence-electron chi connectivity index (χ4n) is 11.5. The zero-order valence-corrected chi connectivity index (χ0v) is 22.0. The number of hydrogen-bond donors (Lipinski definition) is 0. The van der Waals surface area contributed by atoms with Crippen LogP contribution < -0.4 is 0 Å². The predicted molar refractivity (Wildman–Crippen MR) is 130 cm³/mol. The normalized spacial score (nSPS) is 57.4. The summed E-state index contributed by atoms with van der Waals surface area (Å²) >= 11 is 0. The molecule has 0 aromatic heterocycles. The second-order valence-corrected chi connectivity index (χ2v) is 15.2. The van der Waals surface area contributed by atoms with Gasteiger partial charge in [0.25, 0.3) is 0 Å². The molecule has 1 saturated heterocycles. The maximum Gasteiger partial charge on any atom is 0.144 e. The monoisotopic (exact) mass is 454 g/mol. The highest BCUT2D eigenvalue weighted by Gasteiger charge is 2.76. The first-order valence-corrected chi connectivity index (χ1v) is 14.0. The second kappa shape index (κ2) is 6.54. The molecular weight excluding hydrogens is 408 g/mol. The minimum absolute atomic E-state index is 0.00416. The lowest BCUT2D eigenvalue weighted by molar-refractivity contribution is -0.315. The van der Waals surface area contributed by atoms with Crippen molar-refractivity contribution in [1.82, 2.24) is 0 Å². The molecule has 3 nitrogen and oxygen atoms in total. The Kier molecular flexibility index (Phi) is 4.51. The summed E-state index contributed by atoms with van der Waals surface area (Å²) in [5.74, 6) is 1.75. The fraction of sp³-hybridized carbons (Fsp3) is 0.933. The van der Waals surface area contributed by atoms with Gasteiger partial charge in [0.2, 0.25) is 0 Å². The average molecular weight is 455 g/mol. The minimum atomic E-state index is -0.186. The van der Waals surface area contributed by atoms with Crippen LogP contribution in [0.5, 0.6) is 0 Å². The third-order valence-corrected chi connectivity index (χ3v) is 13.6. The van der Waals surface area contributed by atoms with Gasteiger partial charge in [0.05, 0.1) is 19.6 Å². The minimum Gasteiger partial charge on any atom is -0.380 e. The van der Waals surface area contributed by atoms with Crippen LogP contribution in [0.15, 0.2) is 0 Å². The molecule has 6 rings (SSSR count). The van der Waals surface area contributed by atoms with Gasteiger partial charge in [-0.05, 0) is 91.3 Å². The molecule has 2 bridgehead atoms. The molecule has 9 atom stereocenters. The number of carbonyl (C=O) groups is 2. The molecule has 0 radical (unpaired) electrons. The van der Waals surface area contributed by atoms with Crippen LogP contribution in [-0.2, 0) is 14.3 Å². The molecule has 6 aliphatic rings. The highest BCUT2D eigenvalue weighted by Crippen LogP contribution is 2.79. The van der Waals surface area contributed by atoms with Gasteiger partial charge in [-0.3, -0.25) is 9.59 Å². The van der Waals surface area contributed by atoms with Gasteiger partial charge in [0, 0.05) is 22.7 Å². The van der Waals surface area contributed by atoms with Crippen LogP contribution in [0.3, 0.4) is 0 Å². The Hall–Kier alpha value is -0.700. The van der Waals surface area contributed by atoms with E-state index in [1.807, 2.05) is 0 Å². The van der Waals surface area contributed by atoms with Crippen molar-refractivity contribution < 1.29 is 14.3 Å². The van der Waals surface area contributed by atoms with Crippen molar-refractivity contribution in [3.05, 3.63) is 0 Å². The van der Waals surface area contributed by atoms with Crippen molar-refractivity contribution >= 4 is 11.6 Å². The van der Waals surface area contributed by atoms with Gasteiger partial charge >= 0.3 is 0 Å². The summed E-state index contributed by atoms with van der Waals surface area (Å²) in [5.41, 5.74) is 1.14. The Morgan fingerprint density at radius 2 is 1.52 bits per heavy atom. The van der Waals surface area contributed by atoms with E-state index in [0.717, 1.165) is 32.0 Å². The van der Waals surface area contributed by atoms with Crippen LogP contribution in [0.1, 0.15) is 106 Å². The van der Waals surface area contributed by atoms with E-state index < -0.39 is 0 Å². The molecule has 1 spiro atoms. The number of hydrogen-bond acceptors (Lipinski definition) is 3. The fourth-order valence-corrected chi connectivity index (χ4v) is 11.5. The highest BCUT2D eigenvalue weighted by molar-refractivity contribution is 6.04. The van der Waals surface area contributed by atoms with Crippen molar-refractivity contribution in [2.45, 2.75) is 106 Å². The molecule has 1 aliphatic heterocycles. The molecule has 0 N–H and O–H groups in total. The molecule has 5 saturated carbocycles. The summed E-state index contributed by atoms with van der Waals surface area (Å²) < 4.78 is 6.65. The number of carbonyl (C=O) groups excluding carboxylic acids is 2. The van der Waals surface area contributed by atoms with E-state index in [1.165, 1.54) is 44.9 Å². The molecule has 6 fully saturated rings. The van der Waals surface area contributed by atoms with Crippen LogP contribution in [-0.4, -0.2) is 24.8 Å². The van der Waals surface area contributed by atoms with E-state index >= 15 is 0 Å². The number of rotatable bonds is 0. The first kappa shape index (κ1) is 22.7. The lowest BCUT2D eigenvalue weighted by Crippen LogP contribution is -2.74. The molecule has 9 unspecified atom stereocenters. The van der Waals surface area contributed by atoms with Crippen molar-refractivity contribution in [3.63, 3.8) is 0 Å². The first-order chi connectivity index (χ1) is 15.3. The van der Waals surface area contributed by atoms with Crippen LogP contribution in [0.2, 0.25) is 0 Å². The van der Waals surface area contributed by atoms with E-state index in [1.54, 1.807) is 0 Å². The number of fused-ring (bicyclic) bond motifs is 3. The van der Waals surface area contributed by atoms with Crippen molar-refractivity contribution in [3.8, 4) is 0 Å². The van der Waals surface area contributed by atoms with Gasteiger partial charge in [-0.2, -0.15) is 0 Å². The second-order valence-electron chi connectivity index (χ2n) is 15.2. The summed E-state index contributed by atoms with van der Waals surface area (Å²) in [7, 11) is 0. The van der Waals surface area contributed by atoms with E-state index in [-0.39, 0.29) is 46.1 Å². The molecular formula is C30H46O3. The van der Waals surface area contributed by atoms with Crippen LogP contribution in [0, 0.1) is 56.2 Å². The van der Waals surface area contributed by atoms with E-state index in [9.17, 15) is 9.59 Å². The van der Waals surface area contributed by atoms with Gasteiger partial charge in [-0.25, -0.2) is 0 Å². The number of ketones is 2. The average Bonchev–Trinajstić information content (AvgIpc) is 2.74. The molecule has 0 aromatic rings. The van der Waals surface area contributed by atoms with Crippen LogP contribution >= 0.6 is 0 Å². The SMILES string of the molecule is CC1C(=O)CC(=O)C2C1(C)CCC1C23CCC2(C)C4CC(C)(C)CCC4(C)CCC12COC3. The van der Waals surface area contributed by atoms with Gasteiger partial charge in [0.1, 0.15) is 11.6 Å². The maximum atomic E-state index is 13.7. The maximum absolute atomic E-state index is 13.7. The summed E-state index contributed by atoms with van der Waals surface area (Å²) in [4.78, 5) is 26.4. The van der Waals surface area contributed by atoms with Crippen molar-refractivity contribution in [1.29, 1.82) is 0 Å². The Labute approximate surface area is 201 Å². The van der Waals surface area contributed by atoms with E-state index in [4.69, 9.17) is 4.74 Å². The Morgan fingerprint density at radius 3 is 2.27 bits per heavy atom. The Balaban J connectivity index is 1.46. The highest BCUT2D eigenvalue weighted by atomic mass is 16.5. The van der Waals surface area contributed by atoms with Gasteiger partial charge in [0.15, 0.2) is 0 Å². The zero-order valence-electron chi connectivity index (χ0n) is 22.0. The van der Waals surface area contributed by atoms with Crippen LogP contribution in [0.4, 0.5) is 0 Å². The molecule has 1 heterocycles. The Bertz CT molecular complexity index is 906. The lowest BCUT2D eigenvalue weighted by Gasteiger charge is -2.76. The summed E-state index contributed by atoms with van der Waals surface area (Å²) in [6.45, 7) is 16.3. The van der Waals surface area contributed by atoms with Gasteiger partial charge in [-0.1, -0.05) is 41.5 Å². The largest absolute Gasteiger partial charge is 0.380 e. The first-order valence-electron chi connectivity index (χ1n) is 14.0.